The van der Waals surface area contributed by atoms with E-state index in [2.05, 4.69) is 135 Å². The van der Waals surface area contributed by atoms with Gasteiger partial charge in [-0.05, 0) is 79.5 Å². The van der Waals surface area contributed by atoms with E-state index in [4.69, 9.17) is 27.3 Å². The highest BCUT2D eigenvalue weighted by Crippen LogP contribution is 2.51. The fourth-order valence-electron chi connectivity index (χ4n) is 5.56. The summed E-state index contributed by atoms with van der Waals surface area (Å²) >= 11 is 0. The molecule has 1 amide bonds. The normalized spacial score (nSPS) is 22.2. The summed E-state index contributed by atoms with van der Waals surface area (Å²) in [7, 11) is -6.84. The molecule has 0 aromatic heterocycles. The van der Waals surface area contributed by atoms with E-state index in [1.54, 1.807) is 7.05 Å². The number of rotatable bonds is 20. The molecule has 1 rings (SSSR count). The first kappa shape index (κ1) is 52.7. The van der Waals surface area contributed by atoms with Gasteiger partial charge in [-0.3, -0.25) is 14.4 Å². The van der Waals surface area contributed by atoms with Gasteiger partial charge < -0.3 is 27.5 Å². The first-order chi connectivity index (χ1) is 24.2. The number of epoxide rings is 1. The van der Waals surface area contributed by atoms with Crippen LogP contribution in [0, 0.1) is 17.8 Å². The molecule has 0 aliphatic carbocycles. The summed E-state index contributed by atoms with van der Waals surface area (Å²) in [5, 5.41) is 10.9. The van der Waals surface area contributed by atoms with Crippen molar-refractivity contribution < 1.29 is 42.0 Å². The molecule has 1 heterocycles. The number of nitrogens with zero attached hydrogens (tertiary/aromatic N) is 1. The molecule has 0 bridgehead atoms. The van der Waals surface area contributed by atoms with Crippen LogP contribution in [0.2, 0.25) is 72.5 Å². The molecule has 10 nitrogen and oxygen atoms in total. The molecule has 7 atom stereocenters. The molecule has 0 radical (unpaired) electrons. The van der Waals surface area contributed by atoms with Crippen molar-refractivity contribution in [1.29, 1.82) is 0 Å². The molecule has 1 aliphatic heterocycles. The molecule has 1 fully saturated rings. The highest BCUT2D eigenvalue weighted by atomic mass is 28.4. The lowest BCUT2D eigenvalue weighted by Crippen LogP contribution is -2.57. The maximum Gasteiger partial charge on any atom is 0.248 e. The Balaban J connectivity index is 4.29. The van der Waals surface area contributed by atoms with Crippen LogP contribution in [0.5, 0.6) is 0 Å². The molecular formula is C41H87NO9Si4. The van der Waals surface area contributed by atoms with Crippen LogP contribution in [0.1, 0.15) is 103 Å². The summed E-state index contributed by atoms with van der Waals surface area (Å²) in [6.45, 7) is 47.9. The Kier molecular flexibility index (Phi) is 17.4. The van der Waals surface area contributed by atoms with Gasteiger partial charge in [0.1, 0.15) is 11.4 Å². The third-order valence-electron chi connectivity index (χ3n) is 14.1. The van der Waals surface area contributed by atoms with Gasteiger partial charge in [0.15, 0.2) is 33.3 Å². The molecular weight excluding hydrogens is 763 g/mol. The van der Waals surface area contributed by atoms with Crippen LogP contribution in [0.4, 0.5) is 0 Å². The molecule has 14 heteroatoms. The predicted octanol–water partition coefficient (Wildman–Crippen LogP) is 9.81. The zero-order chi connectivity index (χ0) is 43.8. The number of amides is 1. The van der Waals surface area contributed by atoms with Crippen LogP contribution in [-0.2, 0) is 36.9 Å². The monoisotopic (exact) mass is 850 g/mol. The Morgan fingerprint density at radius 1 is 0.709 bits per heavy atom. The average molecular weight is 850 g/mol. The van der Waals surface area contributed by atoms with E-state index in [1.807, 2.05) is 13.8 Å². The maximum atomic E-state index is 16.1. The molecule has 0 aromatic rings. The second kappa shape index (κ2) is 18.1. The number of hydrogen-bond donors (Lipinski definition) is 1. The van der Waals surface area contributed by atoms with Crippen molar-refractivity contribution in [2.75, 3.05) is 34.0 Å². The van der Waals surface area contributed by atoms with Gasteiger partial charge in [0.05, 0.1) is 43.7 Å². The third-order valence-corrected chi connectivity index (χ3v) is 32.1. The van der Waals surface area contributed by atoms with Gasteiger partial charge >= 0.3 is 0 Å². The fourth-order valence-corrected chi connectivity index (χ4v) is 10.4. The smallest absolute Gasteiger partial charge is 0.248 e. The lowest BCUT2D eigenvalue weighted by molar-refractivity contribution is -0.171. The van der Waals surface area contributed by atoms with E-state index in [0.29, 0.717) is 0 Å². The minimum absolute atomic E-state index is 0.0489. The van der Waals surface area contributed by atoms with Gasteiger partial charge in [-0.25, -0.2) is 5.06 Å². The number of carbonyl (C=O) groups excluding carboxylic acids is 2. The highest BCUT2D eigenvalue weighted by Gasteiger charge is 2.65. The molecule has 1 aliphatic rings. The summed E-state index contributed by atoms with van der Waals surface area (Å²) < 4.78 is 35.1. The van der Waals surface area contributed by atoms with E-state index in [9.17, 15) is 9.90 Å². The van der Waals surface area contributed by atoms with E-state index in [-0.39, 0.29) is 70.1 Å². The van der Waals surface area contributed by atoms with Gasteiger partial charge in [0.2, 0.25) is 5.91 Å². The molecule has 1 saturated heterocycles. The molecule has 0 saturated carbocycles. The largest absolute Gasteiger partial charge is 0.416 e. The SMILES string of the molecule is CON(C)C(=O)C[C@H](O[Si](C)(C)C(C)(C)C)[C@H](CO[Si](C)(C)C(C)(C)C)C(=O)[C@H](CO[Si](C)(C)C(C)(C)C)[C@H](O[Si](C)(C)C(C)(C)C)[C@@]1(C)O[C@@H]1[C@@H](C)CO. The number of hydroxylamine groups is 2. The third kappa shape index (κ3) is 13.1. The van der Waals surface area contributed by atoms with Gasteiger partial charge in [-0.15, -0.1) is 0 Å². The number of ether oxygens (including phenoxy) is 1. The minimum atomic E-state index is -2.56. The van der Waals surface area contributed by atoms with Crippen LogP contribution >= 0.6 is 0 Å². The lowest BCUT2D eigenvalue weighted by atomic mass is 9.79. The first-order valence-corrected chi connectivity index (χ1v) is 32.1. The van der Waals surface area contributed by atoms with Crippen molar-refractivity contribution in [1.82, 2.24) is 5.06 Å². The summed E-state index contributed by atoms with van der Waals surface area (Å²) in [4.78, 5) is 35.2. The standard InChI is InChI=1S/C41H87NO9Si4/c1-29(26-43)35-41(14,49-35)36(51-55(23,24)40(11,12)13)31(28-48-53(19,20)38(5,6)7)34(45)30(27-47-52(17,18)37(2,3)4)32(25-33(44)42(15)46-16)50-54(21,22)39(8,9)10/h29-32,35-36,43H,25-28H2,1-24H3/t29-,30-,31-,32-,35+,36-,41-/m0/s1. The fraction of sp³-hybridized carbons (Fsp3) is 0.951. The maximum absolute atomic E-state index is 16.1. The number of aliphatic hydroxyl groups excluding tert-OH is 1. The summed E-state index contributed by atoms with van der Waals surface area (Å²) in [6.07, 6.45) is -1.86. The summed E-state index contributed by atoms with van der Waals surface area (Å²) in [6, 6.07) is 0. The molecule has 55 heavy (non-hydrogen) atoms. The van der Waals surface area contributed by atoms with E-state index in [1.165, 1.54) is 12.2 Å². The molecule has 1 N–H and O–H groups in total. The van der Waals surface area contributed by atoms with Crippen molar-refractivity contribution in [3.8, 4) is 0 Å². The van der Waals surface area contributed by atoms with Crippen LogP contribution in [0.25, 0.3) is 0 Å². The molecule has 0 aromatic carbocycles. The van der Waals surface area contributed by atoms with Gasteiger partial charge in [-0.2, -0.15) is 0 Å². The quantitative estimate of drug-likeness (QED) is 0.0726. The average Bonchev–Trinajstić information content (AvgIpc) is 3.69. The van der Waals surface area contributed by atoms with Crippen LogP contribution in [-0.4, -0.2) is 113 Å². The second-order valence-corrected chi connectivity index (χ2v) is 41.8. The number of carbonyl (C=O) groups is 2. The minimum Gasteiger partial charge on any atom is -0.416 e. The summed E-state index contributed by atoms with van der Waals surface area (Å²) in [5.74, 6) is -2.16. The van der Waals surface area contributed by atoms with Gasteiger partial charge in [0.25, 0.3) is 0 Å². The second-order valence-electron chi connectivity index (χ2n) is 22.6. The Hall–Kier alpha value is -0.272. The zero-order valence-electron chi connectivity index (χ0n) is 40.0. The van der Waals surface area contributed by atoms with Crippen molar-refractivity contribution in [2.24, 2.45) is 17.8 Å². The lowest BCUT2D eigenvalue weighted by Gasteiger charge is -2.46. The molecule has 0 unspecified atom stereocenters. The highest BCUT2D eigenvalue weighted by molar-refractivity contribution is 6.75. The van der Waals surface area contributed by atoms with Crippen LogP contribution in [0.15, 0.2) is 0 Å². The van der Waals surface area contributed by atoms with Gasteiger partial charge in [0, 0.05) is 32.8 Å². The van der Waals surface area contributed by atoms with Crippen molar-refractivity contribution in [2.45, 2.75) is 200 Å². The molecule has 0 spiro atoms. The van der Waals surface area contributed by atoms with Crippen molar-refractivity contribution >= 4 is 45.0 Å². The zero-order valence-corrected chi connectivity index (χ0v) is 44.0. The summed E-state index contributed by atoms with van der Waals surface area (Å²) in [5.41, 5.74) is -0.860. The Labute approximate surface area is 342 Å². The Morgan fingerprint density at radius 3 is 1.45 bits per heavy atom. The molecule has 326 valence electrons. The van der Waals surface area contributed by atoms with E-state index >= 15 is 4.79 Å². The number of aliphatic hydroxyl groups is 1. The van der Waals surface area contributed by atoms with Crippen LogP contribution < -0.4 is 0 Å². The van der Waals surface area contributed by atoms with Gasteiger partial charge in [-0.1, -0.05) is 90.0 Å². The van der Waals surface area contributed by atoms with Crippen molar-refractivity contribution in [3.05, 3.63) is 0 Å². The first-order valence-electron chi connectivity index (χ1n) is 20.5. The Bertz CT molecular complexity index is 1280. The van der Waals surface area contributed by atoms with Crippen molar-refractivity contribution in [3.63, 3.8) is 0 Å². The number of Topliss-reactive ketones (excluding diaryl/α,β-unsaturated/α-hetero) is 1. The topological polar surface area (TPSA) is 116 Å². The van der Waals surface area contributed by atoms with E-state index < -0.39 is 62.9 Å². The number of hydrogen-bond acceptors (Lipinski definition) is 9. The van der Waals surface area contributed by atoms with E-state index in [0.717, 1.165) is 0 Å². The predicted molar refractivity (Wildman–Crippen MR) is 236 cm³/mol. The number of ketones is 1. The Morgan fingerprint density at radius 2 is 1.09 bits per heavy atom. The van der Waals surface area contributed by atoms with Crippen LogP contribution in [0.3, 0.4) is 0 Å².